The van der Waals surface area contributed by atoms with E-state index in [4.69, 9.17) is 17.2 Å². The number of aromatic amines is 1. The summed E-state index contributed by atoms with van der Waals surface area (Å²) in [6.07, 6.45) is 2.71. The highest BCUT2D eigenvalue weighted by Gasteiger charge is 2.18. The van der Waals surface area contributed by atoms with E-state index >= 15 is 0 Å². The fraction of sp³-hybridized carbons (Fsp3) is 0.125. The normalized spacial score (nSPS) is 11.3. The molecule has 2 aromatic carbocycles. The molecule has 3 heterocycles. The third kappa shape index (κ3) is 3.75. The minimum Gasteiger partial charge on any atom is -0.303 e. The van der Waals surface area contributed by atoms with Gasteiger partial charge >= 0.3 is 0 Å². The summed E-state index contributed by atoms with van der Waals surface area (Å²) in [6.45, 7) is 4.18. The molecule has 0 saturated carbocycles. The number of pyridine rings is 1. The van der Waals surface area contributed by atoms with Gasteiger partial charge in [0, 0.05) is 21.9 Å². The molecule has 0 unspecified atom stereocenters. The highest BCUT2D eigenvalue weighted by atomic mass is 79.9. The molecule has 5 rings (SSSR count). The summed E-state index contributed by atoms with van der Waals surface area (Å²) in [5, 5.41) is 7.52. The molecule has 0 amide bonds. The molecule has 7 heteroatoms. The zero-order valence-electron chi connectivity index (χ0n) is 17.1. The molecule has 31 heavy (non-hydrogen) atoms. The van der Waals surface area contributed by atoms with Crippen molar-refractivity contribution in [3.8, 4) is 16.9 Å². The summed E-state index contributed by atoms with van der Waals surface area (Å²) in [4.78, 5) is 4.95. The molecule has 0 atom stereocenters. The number of nitrogens with one attached hydrogen (secondary N) is 1. The lowest BCUT2D eigenvalue weighted by molar-refractivity contribution is 0.872. The van der Waals surface area contributed by atoms with Crippen molar-refractivity contribution in [3.63, 3.8) is 0 Å². The van der Waals surface area contributed by atoms with Crippen LogP contribution in [0.5, 0.6) is 0 Å². The van der Waals surface area contributed by atoms with Gasteiger partial charge in [-0.3, -0.25) is 9.67 Å². The predicted molar refractivity (Wildman–Crippen MR) is 129 cm³/mol. The fourth-order valence-electron chi connectivity index (χ4n) is 3.77. The Labute approximate surface area is 193 Å². The van der Waals surface area contributed by atoms with E-state index in [1.807, 2.05) is 28.8 Å². The molecule has 0 radical (unpaired) electrons. The number of aromatic nitrogens is 5. The van der Waals surface area contributed by atoms with Gasteiger partial charge in [0.2, 0.25) is 0 Å². The number of halogens is 1. The maximum Gasteiger partial charge on any atom is 0.199 e. The lowest BCUT2D eigenvalue weighted by atomic mass is 10.1. The molecule has 154 valence electrons. The summed E-state index contributed by atoms with van der Waals surface area (Å²) in [5.74, 6) is 0.837. The Morgan fingerprint density at radius 1 is 0.935 bits per heavy atom. The van der Waals surface area contributed by atoms with Gasteiger partial charge in [-0.2, -0.15) is 5.10 Å². The standard InChI is InChI=1S/C24H20BrN5S/c1-15-3-6-17(7-4-15)23-20(29-14-16(2)5-12-21(29)26-23)13-22-27-28-24(31)30(22)19-10-8-18(25)9-11-19/h3-12,14H,13H2,1-2H3,(H,28,31). The van der Waals surface area contributed by atoms with Crippen molar-refractivity contribution < 1.29 is 0 Å². The van der Waals surface area contributed by atoms with E-state index in [0.717, 1.165) is 38.6 Å². The second kappa shape index (κ2) is 7.90. The number of aryl methyl sites for hydroxylation is 2. The monoisotopic (exact) mass is 489 g/mol. The van der Waals surface area contributed by atoms with Crippen LogP contribution in [0.3, 0.4) is 0 Å². The smallest absolute Gasteiger partial charge is 0.199 e. The van der Waals surface area contributed by atoms with Crippen LogP contribution in [0, 0.1) is 18.6 Å². The van der Waals surface area contributed by atoms with Gasteiger partial charge in [0.15, 0.2) is 4.77 Å². The largest absolute Gasteiger partial charge is 0.303 e. The van der Waals surface area contributed by atoms with Gasteiger partial charge in [-0.25, -0.2) is 4.98 Å². The second-order valence-corrected chi connectivity index (χ2v) is 8.94. The van der Waals surface area contributed by atoms with Crippen LogP contribution in [0.25, 0.3) is 22.6 Å². The summed E-state index contributed by atoms with van der Waals surface area (Å²) in [6, 6.07) is 20.7. The Kier molecular flexibility index (Phi) is 5.08. The zero-order valence-corrected chi connectivity index (χ0v) is 19.5. The first-order valence-electron chi connectivity index (χ1n) is 9.96. The van der Waals surface area contributed by atoms with E-state index in [1.54, 1.807) is 0 Å². The first-order chi connectivity index (χ1) is 15.0. The Morgan fingerprint density at radius 2 is 1.65 bits per heavy atom. The second-order valence-electron chi connectivity index (χ2n) is 7.64. The highest BCUT2D eigenvalue weighted by molar-refractivity contribution is 9.10. The molecule has 0 aliphatic rings. The Morgan fingerprint density at radius 3 is 2.39 bits per heavy atom. The van der Waals surface area contributed by atoms with E-state index in [9.17, 15) is 0 Å². The Balaban J connectivity index is 1.68. The van der Waals surface area contributed by atoms with Crippen LogP contribution < -0.4 is 0 Å². The van der Waals surface area contributed by atoms with Crippen molar-refractivity contribution in [2.24, 2.45) is 0 Å². The molecule has 1 N–H and O–H groups in total. The molecule has 0 aliphatic heterocycles. The third-order valence-corrected chi connectivity index (χ3v) is 6.15. The van der Waals surface area contributed by atoms with Gasteiger partial charge < -0.3 is 4.40 Å². The number of rotatable bonds is 4. The number of hydrogen-bond donors (Lipinski definition) is 1. The molecule has 0 saturated heterocycles. The molecule has 0 spiro atoms. The Hall–Kier alpha value is -3.03. The van der Waals surface area contributed by atoms with E-state index in [0.29, 0.717) is 11.2 Å². The highest BCUT2D eigenvalue weighted by Crippen LogP contribution is 2.28. The topological polar surface area (TPSA) is 50.9 Å². The number of imidazole rings is 1. The third-order valence-electron chi connectivity index (χ3n) is 5.34. The number of benzene rings is 2. The number of H-pyrrole nitrogens is 1. The summed E-state index contributed by atoms with van der Waals surface area (Å²) in [7, 11) is 0. The van der Waals surface area contributed by atoms with Crippen LogP contribution in [0.4, 0.5) is 0 Å². The van der Waals surface area contributed by atoms with E-state index in [1.165, 1.54) is 11.1 Å². The first-order valence-corrected chi connectivity index (χ1v) is 11.2. The van der Waals surface area contributed by atoms with Crippen molar-refractivity contribution >= 4 is 33.8 Å². The minimum atomic E-state index is 0.569. The molecular weight excluding hydrogens is 470 g/mol. The molecule has 0 aliphatic carbocycles. The maximum atomic E-state index is 5.55. The molecule has 5 aromatic rings. The molecular formula is C24H20BrN5S. The van der Waals surface area contributed by atoms with Crippen LogP contribution in [0.2, 0.25) is 0 Å². The van der Waals surface area contributed by atoms with E-state index in [2.05, 4.69) is 87.0 Å². The van der Waals surface area contributed by atoms with Crippen LogP contribution in [-0.2, 0) is 6.42 Å². The van der Waals surface area contributed by atoms with Crippen LogP contribution in [0.15, 0.2) is 71.3 Å². The average molecular weight is 490 g/mol. The number of hydrogen-bond acceptors (Lipinski definition) is 3. The van der Waals surface area contributed by atoms with Crippen LogP contribution in [0.1, 0.15) is 22.6 Å². The molecule has 5 nitrogen and oxygen atoms in total. The molecule has 0 fully saturated rings. The Bertz CT molecular complexity index is 1440. The van der Waals surface area contributed by atoms with E-state index in [-0.39, 0.29) is 0 Å². The van der Waals surface area contributed by atoms with E-state index < -0.39 is 0 Å². The number of fused-ring (bicyclic) bond motifs is 1. The molecule has 3 aromatic heterocycles. The fourth-order valence-corrected chi connectivity index (χ4v) is 4.29. The van der Waals surface area contributed by atoms with Crippen molar-refractivity contribution in [2.45, 2.75) is 20.3 Å². The maximum absolute atomic E-state index is 5.55. The van der Waals surface area contributed by atoms with Gasteiger partial charge in [-0.1, -0.05) is 51.8 Å². The van der Waals surface area contributed by atoms with Gasteiger partial charge in [0.25, 0.3) is 0 Å². The first kappa shape index (κ1) is 19.9. The summed E-state index contributed by atoms with van der Waals surface area (Å²) in [5.41, 5.74) is 7.41. The lowest BCUT2D eigenvalue weighted by Gasteiger charge is -2.09. The van der Waals surface area contributed by atoms with Crippen LogP contribution >= 0.6 is 28.1 Å². The van der Waals surface area contributed by atoms with Gasteiger partial charge in [0.1, 0.15) is 11.5 Å². The summed E-state index contributed by atoms with van der Waals surface area (Å²) >= 11 is 9.05. The predicted octanol–water partition coefficient (Wildman–Crippen LogP) is 6.21. The zero-order chi connectivity index (χ0) is 21.5. The SMILES string of the molecule is Cc1ccc(-c2nc3ccc(C)cn3c2Cc2n[nH]c(=S)n2-c2ccc(Br)cc2)cc1. The number of nitrogens with zero attached hydrogens (tertiary/aromatic N) is 4. The minimum absolute atomic E-state index is 0.569. The van der Waals surface area contributed by atoms with Gasteiger partial charge in [-0.05, 0) is 62.0 Å². The van der Waals surface area contributed by atoms with Gasteiger partial charge in [0.05, 0.1) is 17.8 Å². The quantitative estimate of drug-likeness (QED) is 0.305. The average Bonchev–Trinajstić information content (AvgIpc) is 3.30. The van der Waals surface area contributed by atoms with Crippen molar-refractivity contribution in [1.29, 1.82) is 0 Å². The van der Waals surface area contributed by atoms with Gasteiger partial charge in [-0.15, -0.1) is 0 Å². The van der Waals surface area contributed by atoms with Crippen LogP contribution in [-0.4, -0.2) is 24.1 Å². The summed E-state index contributed by atoms with van der Waals surface area (Å²) < 4.78 is 5.73. The lowest BCUT2D eigenvalue weighted by Crippen LogP contribution is -2.05. The van der Waals surface area contributed by atoms with Crippen molar-refractivity contribution in [3.05, 3.63) is 98.7 Å². The van der Waals surface area contributed by atoms with Crippen molar-refractivity contribution in [1.82, 2.24) is 24.1 Å². The molecule has 0 bridgehead atoms. The van der Waals surface area contributed by atoms with Crippen molar-refractivity contribution in [2.75, 3.05) is 0 Å².